The highest BCUT2D eigenvalue weighted by Crippen LogP contribution is 2.30. The number of ether oxygens (including phenoxy) is 4. The number of hydrogen-bond donors (Lipinski definition) is 9. The van der Waals surface area contributed by atoms with Crippen molar-refractivity contribution in [3.8, 4) is 0 Å². The molecule has 2 fully saturated rings. The Bertz CT molecular complexity index is 2240. The molecule has 0 bridgehead atoms. The Hall–Kier alpha value is -4.39. The number of aliphatic hydroxyl groups excluding tert-OH is 8. The molecule has 14 heteroatoms. The lowest BCUT2D eigenvalue weighted by molar-refractivity contribution is -0.359. The van der Waals surface area contributed by atoms with E-state index in [1.165, 1.54) is 116 Å². The number of aliphatic hydroxyl groups is 8. The van der Waals surface area contributed by atoms with Gasteiger partial charge in [-0.3, -0.25) is 4.79 Å². The lowest BCUT2D eigenvalue weighted by Gasteiger charge is -2.46. The fourth-order valence-electron chi connectivity index (χ4n) is 11.5. The molecule has 0 spiro atoms. The Morgan fingerprint density at radius 3 is 1.09 bits per heavy atom. The molecular formula is C83H137NO13. The minimum absolute atomic E-state index is 0.242. The molecule has 2 saturated heterocycles. The van der Waals surface area contributed by atoms with Crippen LogP contribution in [0.3, 0.4) is 0 Å². The fraction of sp³-hybridized carbons (Fsp3) is 0.675. The first-order chi connectivity index (χ1) is 47.6. The minimum Gasteiger partial charge on any atom is -0.394 e. The Labute approximate surface area is 588 Å². The zero-order chi connectivity index (χ0) is 70.1. The summed E-state index contributed by atoms with van der Waals surface area (Å²) in [4.78, 5) is 13.4. The van der Waals surface area contributed by atoms with E-state index in [-0.39, 0.29) is 18.9 Å². The number of rotatable bonds is 61. The molecule has 97 heavy (non-hydrogen) atoms. The normalized spacial score (nSPS) is 23.1. The van der Waals surface area contributed by atoms with E-state index in [0.717, 1.165) is 122 Å². The molecule has 0 aromatic rings. The van der Waals surface area contributed by atoms with E-state index in [9.17, 15) is 45.6 Å². The molecule has 2 heterocycles. The van der Waals surface area contributed by atoms with Crippen LogP contribution < -0.4 is 5.32 Å². The Morgan fingerprint density at radius 2 is 0.711 bits per heavy atom. The maximum Gasteiger partial charge on any atom is 0.220 e. The third-order valence-electron chi connectivity index (χ3n) is 17.5. The van der Waals surface area contributed by atoms with Gasteiger partial charge in [0.25, 0.3) is 0 Å². The van der Waals surface area contributed by atoms with Gasteiger partial charge in [-0.05, 0) is 109 Å². The van der Waals surface area contributed by atoms with Crippen LogP contribution in [0.25, 0.3) is 0 Å². The number of carbonyl (C=O) groups is 1. The van der Waals surface area contributed by atoms with Crippen LogP contribution in [0.5, 0.6) is 0 Å². The van der Waals surface area contributed by atoms with E-state index in [1.807, 2.05) is 6.08 Å². The van der Waals surface area contributed by atoms with Gasteiger partial charge in [0.15, 0.2) is 12.6 Å². The molecule has 0 radical (unpaired) electrons. The van der Waals surface area contributed by atoms with Crippen molar-refractivity contribution >= 4 is 5.91 Å². The third-order valence-corrected chi connectivity index (χ3v) is 17.5. The average Bonchev–Trinajstić information content (AvgIpc) is 0.794. The van der Waals surface area contributed by atoms with Crippen LogP contribution in [0.1, 0.15) is 264 Å². The van der Waals surface area contributed by atoms with Crippen molar-refractivity contribution in [3.05, 3.63) is 158 Å². The largest absolute Gasteiger partial charge is 0.394 e. The number of hydrogen-bond acceptors (Lipinski definition) is 13. The second kappa shape index (κ2) is 65.0. The molecule has 12 atom stereocenters. The van der Waals surface area contributed by atoms with Gasteiger partial charge in [0.1, 0.15) is 48.8 Å². The fourth-order valence-corrected chi connectivity index (χ4v) is 11.5. The molecule has 12 unspecified atom stereocenters. The van der Waals surface area contributed by atoms with Gasteiger partial charge in [0.05, 0.1) is 32.0 Å². The molecule has 0 aliphatic carbocycles. The number of nitrogens with one attached hydrogen (secondary N) is 1. The SMILES string of the molecule is CC/C=C\C/C=C\C/C=C\C/C=C\C/C=C\C/C=C\C/C=C\C/C=C\C/C=C\C/C=C\C/C=C\C/C=C\CCCCCCC(=O)NC(COC1OC(CO)C(OC2OC(CO)C(O)C(O)C2O)C(O)C1O)C(O)/C=C/CCCCCCCCCCCCCCCCCCCCCC. The zero-order valence-electron chi connectivity index (χ0n) is 60.3. The lowest BCUT2D eigenvalue weighted by Crippen LogP contribution is -2.65. The predicted octanol–water partition coefficient (Wildman–Crippen LogP) is 17.0. The molecule has 2 aliphatic heterocycles. The van der Waals surface area contributed by atoms with E-state index in [0.29, 0.717) is 6.42 Å². The number of unbranched alkanes of at least 4 members (excludes halogenated alkanes) is 24. The molecular weight excluding hydrogens is 1220 g/mol. The molecule has 2 aliphatic rings. The number of allylic oxidation sites excluding steroid dienone is 25. The van der Waals surface area contributed by atoms with Gasteiger partial charge in [-0.25, -0.2) is 0 Å². The molecule has 1 amide bonds. The van der Waals surface area contributed by atoms with E-state index in [2.05, 4.69) is 165 Å². The summed E-state index contributed by atoms with van der Waals surface area (Å²) in [6.45, 7) is 2.68. The highest BCUT2D eigenvalue weighted by molar-refractivity contribution is 5.76. The van der Waals surface area contributed by atoms with E-state index >= 15 is 0 Å². The average molecular weight is 1360 g/mol. The van der Waals surface area contributed by atoms with Gasteiger partial charge in [-0.15, -0.1) is 0 Å². The smallest absolute Gasteiger partial charge is 0.220 e. The first-order valence-electron chi connectivity index (χ1n) is 38.2. The van der Waals surface area contributed by atoms with Crippen molar-refractivity contribution < 1.29 is 64.6 Å². The zero-order valence-corrected chi connectivity index (χ0v) is 60.3. The van der Waals surface area contributed by atoms with Gasteiger partial charge >= 0.3 is 0 Å². The molecule has 9 N–H and O–H groups in total. The third kappa shape index (κ3) is 48.1. The van der Waals surface area contributed by atoms with E-state index < -0.39 is 86.8 Å². The second-order valence-corrected chi connectivity index (χ2v) is 26.0. The quantitative estimate of drug-likeness (QED) is 0.0204. The summed E-state index contributed by atoms with van der Waals surface area (Å²) < 4.78 is 22.9. The van der Waals surface area contributed by atoms with Crippen molar-refractivity contribution in [1.29, 1.82) is 0 Å². The Kier molecular flexibility index (Phi) is 59.4. The topological polar surface area (TPSA) is 228 Å². The van der Waals surface area contributed by atoms with Crippen LogP contribution in [0.4, 0.5) is 0 Å². The molecule has 0 aromatic carbocycles. The van der Waals surface area contributed by atoms with Gasteiger partial charge in [-0.1, -0.05) is 307 Å². The van der Waals surface area contributed by atoms with Crippen molar-refractivity contribution in [2.45, 2.75) is 338 Å². The van der Waals surface area contributed by atoms with Crippen molar-refractivity contribution in [2.75, 3.05) is 19.8 Å². The first kappa shape index (κ1) is 88.7. The Balaban J connectivity index is 1.66. The van der Waals surface area contributed by atoms with Crippen molar-refractivity contribution in [3.63, 3.8) is 0 Å². The first-order valence-corrected chi connectivity index (χ1v) is 38.2. The summed E-state index contributed by atoms with van der Waals surface area (Å²) in [7, 11) is 0. The van der Waals surface area contributed by atoms with Crippen LogP contribution in [0.2, 0.25) is 0 Å². The standard InChI is InChI=1S/C83H137NO13/c1-3-5-7-9-11-13-15-17-19-21-23-25-27-28-29-30-31-32-33-34-35-36-37-38-39-40-41-42-43-44-45-47-49-51-53-55-57-59-61-63-65-67-75(88)84-71(70-94-82-80(93)78(91)81(74(69-86)96-82)97-83-79(92)77(90)76(89)73(68-85)95-83)72(87)66-64-62-60-58-56-54-52-50-48-46-26-24-22-20-18-16-14-12-10-8-6-4-2/h5,7,11,13,17,19,23,25,28-29,31-32,34-35,37-38,40-41,43-44,47,49,53,55,64,66,71-74,76-83,85-87,89-93H,3-4,6,8-10,12,14-16,18,20-22,24,26-27,30,33,36,39,42,45-46,48,50-52,54,56-63,65,67-70H2,1-2H3,(H,84,88)/b7-5-,13-11-,19-17-,25-23-,29-28-,32-31-,35-34-,38-37-,41-40-,44-43-,49-47-,55-53-,66-64+. The monoisotopic (exact) mass is 1360 g/mol. The van der Waals surface area contributed by atoms with Crippen molar-refractivity contribution in [2.24, 2.45) is 0 Å². The minimum atomic E-state index is -1.80. The van der Waals surface area contributed by atoms with Crippen LogP contribution >= 0.6 is 0 Å². The molecule has 0 saturated carbocycles. The Morgan fingerprint density at radius 1 is 0.381 bits per heavy atom. The summed E-state index contributed by atoms with van der Waals surface area (Å²) in [6, 6.07) is -0.942. The molecule has 0 aromatic heterocycles. The van der Waals surface area contributed by atoms with Crippen LogP contribution in [-0.4, -0.2) is 140 Å². The highest BCUT2D eigenvalue weighted by Gasteiger charge is 2.51. The molecule has 552 valence electrons. The number of carbonyl (C=O) groups excluding carboxylic acids is 1. The highest BCUT2D eigenvalue weighted by atomic mass is 16.7. The van der Waals surface area contributed by atoms with Gasteiger partial charge in [-0.2, -0.15) is 0 Å². The summed E-state index contributed by atoms with van der Waals surface area (Å²) >= 11 is 0. The molecule has 2 rings (SSSR count). The predicted molar refractivity (Wildman–Crippen MR) is 401 cm³/mol. The van der Waals surface area contributed by atoms with Crippen molar-refractivity contribution in [1.82, 2.24) is 5.32 Å². The lowest BCUT2D eigenvalue weighted by atomic mass is 9.97. The molecule has 14 nitrogen and oxygen atoms in total. The van der Waals surface area contributed by atoms with Gasteiger partial charge in [0.2, 0.25) is 5.91 Å². The summed E-state index contributed by atoms with van der Waals surface area (Å²) in [5, 5.41) is 87.5. The second-order valence-electron chi connectivity index (χ2n) is 26.0. The van der Waals surface area contributed by atoms with Gasteiger partial charge in [0, 0.05) is 6.42 Å². The van der Waals surface area contributed by atoms with Crippen LogP contribution in [0.15, 0.2) is 158 Å². The maximum atomic E-state index is 13.4. The summed E-state index contributed by atoms with van der Waals surface area (Å²) in [5.74, 6) is -0.268. The van der Waals surface area contributed by atoms with Crippen LogP contribution in [0, 0.1) is 0 Å². The van der Waals surface area contributed by atoms with E-state index in [1.54, 1.807) is 6.08 Å². The summed E-state index contributed by atoms with van der Waals surface area (Å²) in [5.41, 5.74) is 0. The summed E-state index contributed by atoms with van der Waals surface area (Å²) in [6.07, 6.45) is 83.0. The van der Waals surface area contributed by atoms with Gasteiger partial charge < -0.3 is 65.1 Å². The maximum absolute atomic E-state index is 13.4. The van der Waals surface area contributed by atoms with E-state index in [4.69, 9.17) is 18.9 Å². The number of amides is 1. The van der Waals surface area contributed by atoms with Crippen LogP contribution in [-0.2, 0) is 23.7 Å².